The number of benzene rings is 2. The minimum Gasteiger partial charge on any atom is -0.493 e. The summed E-state index contributed by atoms with van der Waals surface area (Å²) >= 11 is 0. The first-order chi connectivity index (χ1) is 15.6. The number of ether oxygens (including phenoxy) is 3. The zero-order valence-electron chi connectivity index (χ0n) is 18.6. The zero-order chi connectivity index (χ0) is 22.7. The smallest absolute Gasteiger partial charge is 0.338 e. The molecule has 2 aromatic carbocycles. The number of aromatic nitrogens is 2. The lowest BCUT2D eigenvalue weighted by Crippen LogP contribution is -2.29. The predicted molar refractivity (Wildman–Crippen MR) is 124 cm³/mol. The van der Waals surface area contributed by atoms with Gasteiger partial charge in [-0.1, -0.05) is 37.8 Å². The Morgan fingerprint density at radius 2 is 2.06 bits per heavy atom. The molecule has 166 valence electrons. The fraction of sp³-hybridized carbons (Fsp3) is 0.280. The minimum atomic E-state index is -0.454. The molecular weight excluding hydrogens is 406 g/mol. The summed E-state index contributed by atoms with van der Waals surface area (Å²) in [6.45, 7) is 8.28. The summed E-state index contributed by atoms with van der Waals surface area (Å²) in [4.78, 5) is 17.9. The third-order valence-electron chi connectivity index (χ3n) is 5.35. The number of para-hydroxylation sites is 2. The number of nitrogens with one attached hydrogen (secondary N) is 1. The van der Waals surface area contributed by atoms with E-state index in [2.05, 4.69) is 18.8 Å². The van der Waals surface area contributed by atoms with E-state index >= 15 is 0 Å². The van der Waals surface area contributed by atoms with Gasteiger partial charge in [-0.05, 0) is 43.2 Å². The predicted octanol–water partition coefficient (Wildman–Crippen LogP) is 4.85. The van der Waals surface area contributed by atoms with E-state index in [1.54, 1.807) is 13.2 Å². The quantitative estimate of drug-likeness (QED) is 0.404. The van der Waals surface area contributed by atoms with Gasteiger partial charge in [-0.2, -0.15) is 0 Å². The highest BCUT2D eigenvalue weighted by Gasteiger charge is 2.35. The summed E-state index contributed by atoms with van der Waals surface area (Å²) < 4.78 is 18.9. The first-order valence-electron chi connectivity index (χ1n) is 10.6. The SMILES string of the molecule is C=CCOC(=O)C1=C(C)Nc2nc3ccccc3n2[C@@H]1c1ccc(OCCC)c(OC)c1. The van der Waals surface area contributed by atoms with Crippen LogP contribution in [0.1, 0.15) is 31.9 Å². The number of nitrogens with zero attached hydrogens (tertiary/aromatic N) is 2. The number of methoxy groups -OCH3 is 1. The summed E-state index contributed by atoms with van der Waals surface area (Å²) in [5.41, 5.74) is 3.81. The molecule has 1 aliphatic heterocycles. The molecular formula is C25H27N3O4. The number of anilines is 1. The number of rotatable bonds is 8. The number of allylic oxidation sites excluding steroid dienone is 1. The van der Waals surface area contributed by atoms with Crippen molar-refractivity contribution in [1.82, 2.24) is 9.55 Å². The van der Waals surface area contributed by atoms with Crippen LogP contribution in [0, 0.1) is 0 Å². The molecule has 0 fully saturated rings. The van der Waals surface area contributed by atoms with Crippen molar-refractivity contribution in [3.05, 3.63) is 72.0 Å². The normalized spacial score (nSPS) is 15.2. The van der Waals surface area contributed by atoms with E-state index in [4.69, 9.17) is 19.2 Å². The van der Waals surface area contributed by atoms with Crippen molar-refractivity contribution in [1.29, 1.82) is 0 Å². The second-order valence-corrected chi connectivity index (χ2v) is 7.51. The number of carbonyl (C=O) groups is 1. The Bertz CT molecular complexity index is 1200. The van der Waals surface area contributed by atoms with Gasteiger partial charge in [-0.3, -0.25) is 4.57 Å². The van der Waals surface area contributed by atoms with Gasteiger partial charge in [-0.25, -0.2) is 9.78 Å². The van der Waals surface area contributed by atoms with Gasteiger partial charge in [-0.15, -0.1) is 0 Å². The lowest BCUT2D eigenvalue weighted by molar-refractivity contribution is -0.138. The Morgan fingerprint density at radius 1 is 1.25 bits per heavy atom. The Morgan fingerprint density at radius 3 is 2.81 bits per heavy atom. The third kappa shape index (κ3) is 3.82. The van der Waals surface area contributed by atoms with Crippen molar-refractivity contribution in [3.8, 4) is 11.5 Å². The fourth-order valence-corrected chi connectivity index (χ4v) is 3.94. The first-order valence-corrected chi connectivity index (χ1v) is 10.6. The molecule has 1 aromatic heterocycles. The van der Waals surface area contributed by atoms with E-state index in [1.165, 1.54) is 0 Å². The number of imidazole rings is 1. The summed E-state index contributed by atoms with van der Waals surface area (Å²) in [7, 11) is 1.61. The number of fused-ring (bicyclic) bond motifs is 3. The first kappa shape index (κ1) is 21.5. The van der Waals surface area contributed by atoms with Crippen molar-refractivity contribution in [2.75, 3.05) is 25.6 Å². The average Bonchev–Trinajstić information content (AvgIpc) is 3.18. The highest BCUT2D eigenvalue weighted by molar-refractivity contribution is 5.94. The Kier molecular flexibility index (Phi) is 6.16. The summed E-state index contributed by atoms with van der Waals surface area (Å²) in [5, 5.41) is 3.27. The van der Waals surface area contributed by atoms with Gasteiger partial charge in [0, 0.05) is 5.70 Å². The Labute approximate surface area is 187 Å². The van der Waals surface area contributed by atoms with Crippen molar-refractivity contribution in [2.45, 2.75) is 26.3 Å². The van der Waals surface area contributed by atoms with E-state index in [-0.39, 0.29) is 6.61 Å². The molecule has 0 saturated carbocycles. The van der Waals surface area contributed by atoms with Crippen molar-refractivity contribution >= 4 is 23.0 Å². The lowest BCUT2D eigenvalue weighted by atomic mass is 9.94. The van der Waals surface area contributed by atoms with E-state index in [9.17, 15) is 4.79 Å². The number of hydrogen-bond donors (Lipinski definition) is 1. The largest absolute Gasteiger partial charge is 0.493 e. The molecule has 0 unspecified atom stereocenters. The van der Waals surface area contributed by atoms with E-state index < -0.39 is 12.0 Å². The zero-order valence-corrected chi connectivity index (χ0v) is 18.6. The fourth-order valence-electron chi connectivity index (χ4n) is 3.94. The van der Waals surface area contributed by atoms with Crippen LogP contribution in [0.25, 0.3) is 11.0 Å². The molecule has 0 spiro atoms. The standard InChI is InChI=1S/C25H27N3O4/c1-5-13-31-20-12-11-17(15-21(20)30-4)23-22(24(29)32-14-6-2)16(3)26-25-27-18-9-7-8-10-19(18)28(23)25/h6-12,15,23H,2,5,13-14H2,1,3-4H3,(H,26,27)/t23-/m1/s1. The molecule has 7 heteroatoms. The van der Waals surface area contributed by atoms with Gasteiger partial charge < -0.3 is 19.5 Å². The molecule has 0 saturated heterocycles. The van der Waals surface area contributed by atoms with Gasteiger partial charge in [0.15, 0.2) is 11.5 Å². The Hall–Kier alpha value is -3.74. The van der Waals surface area contributed by atoms with Crippen LogP contribution in [0.4, 0.5) is 5.95 Å². The van der Waals surface area contributed by atoms with Crippen molar-refractivity contribution < 1.29 is 19.0 Å². The molecule has 1 atom stereocenters. The van der Waals surface area contributed by atoms with Crippen LogP contribution in [0.15, 0.2) is 66.4 Å². The maximum absolute atomic E-state index is 13.1. The number of esters is 1. The number of hydrogen-bond acceptors (Lipinski definition) is 6. The monoisotopic (exact) mass is 433 g/mol. The summed E-state index contributed by atoms with van der Waals surface area (Å²) in [6.07, 6.45) is 2.45. The second kappa shape index (κ2) is 9.18. The van der Waals surface area contributed by atoms with Crippen molar-refractivity contribution in [3.63, 3.8) is 0 Å². The lowest BCUT2D eigenvalue weighted by Gasteiger charge is -2.30. The topological polar surface area (TPSA) is 74.6 Å². The van der Waals surface area contributed by atoms with Crippen LogP contribution in [0.2, 0.25) is 0 Å². The molecule has 32 heavy (non-hydrogen) atoms. The van der Waals surface area contributed by atoms with Crippen LogP contribution >= 0.6 is 0 Å². The van der Waals surface area contributed by atoms with Crippen LogP contribution < -0.4 is 14.8 Å². The Balaban J connectivity index is 1.89. The van der Waals surface area contributed by atoms with Gasteiger partial charge in [0.05, 0.1) is 36.4 Å². The molecule has 3 aromatic rings. The van der Waals surface area contributed by atoms with Crippen LogP contribution in [-0.2, 0) is 9.53 Å². The third-order valence-corrected chi connectivity index (χ3v) is 5.35. The van der Waals surface area contributed by atoms with Crippen LogP contribution in [-0.4, -0.2) is 35.8 Å². The molecule has 4 rings (SSSR count). The van der Waals surface area contributed by atoms with E-state index in [1.807, 2.05) is 54.0 Å². The molecule has 0 amide bonds. The van der Waals surface area contributed by atoms with E-state index in [0.717, 1.165) is 23.0 Å². The maximum Gasteiger partial charge on any atom is 0.338 e. The van der Waals surface area contributed by atoms with Gasteiger partial charge in [0.2, 0.25) is 5.95 Å². The summed E-state index contributed by atoms with van der Waals surface area (Å²) in [5.74, 6) is 1.53. The van der Waals surface area contributed by atoms with Gasteiger partial charge >= 0.3 is 5.97 Å². The maximum atomic E-state index is 13.1. The molecule has 0 aliphatic carbocycles. The molecule has 1 N–H and O–H groups in total. The second-order valence-electron chi connectivity index (χ2n) is 7.51. The van der Waals surface area contributed by atoms with Gasteiger partial charge in [0.1, 0.15) is 6.61 Å². The molecule has 1 aliphatic rings. The van der Waals surface area contributed by atoms with Crippen LogP contribution in [0.5, 0.6) is 11.5 Å². The molecule has 2 heterocycles. The summed E-state index contributed by atoms with van der Waals surface area (Å²) in [6, 6.07) is 13.1. The van der Waals surface area contributed by atoms with Gasteiger partial charge in [0.25, 0.3) is 0 Å². The minimum absolute atomic E-state index is 0.132. The average molecular weight is 434 g/mol. The highest BCUT2D eigenvalue weighted by Crippen LogP contribution is 2.41. The van der Waals surface area contributed by atoms with Crippen molar-refractivity contribution in [2.24, 2.45) is 0 Å². The molecule has 0 bridgehead atoms. The number of carbonyl (C=O) groups excluding carboxylic acids is 1. The molecule has 7 nitrogen and oxygen atoms in total. The van der Waals surface area contributed by atoms with E-state index in [0.29, 0.717) is 35.3 Å². The molecule has 0 radical (unpaired) electrons. The van der Waals surface area contributed by atoms with Crippen LogP contribution in [0.3, 0.4) is 0 Å². The highest BCUT2D eigenvalue weighted by atomic mass is 16.5.